The van der Waals surface area contributed by atoms with E-state index in [1.54, 1.807) is 46.3 Å². The van der Waals surface area contributed by atoms with Gasteiger partial charge in [-0.05, 0) is 66.6 Å². The number of ether oxygens (including phenoxy) is 1. The standard InChI is InChI=1S/C18H17FN4O.C16H18FN3O2/c19-17-3-1-14(2-4-17)15-7-16(10-21-9-15)18(24)22-8-13-5-6-23(11-13)12-20;1-22-14-4-2-13(15(17)8-14)3-5-16(21)19-9-12-6-7-20(10-12)11-18/h1-4,7,9-10,13H,5-6,8,11H2,(H,22,24);2-5,8,12H,6-7,9-10H2,1H3,(H,19,21)/b;5-3+. The van der Waals surface area contributed by atoms with Gasteiger partial charge in [-0.3, -0.25) is 14.6 Å². The van der Waals surface area contributed by atoms with E-state index >= 15 is 0 Å². The second-order valence-corrected chi connectivity index (χ2v) is 11.0. The number of nitrogens with zero attached hydrogens (tertiary/aromatic N) is 5. The molecule has 0 saturated carbocycles. The minimum absolute atomic E-state index is 0.193. The van der Waals surface area contributed by atoms with Crippen LogP contribution in [-0.4, -0.2) is 73.0 Å². The first-order valence-corrected chi connectivity index (χ1v) is 14.9. The van der Waals surface area contributed by atoms with Gasteiger partial charge in [-0.15, -0.1) is 0 Å². The highest BCUT2D eigenvalue weighted by molar-refractivity contribution is 5.95. The van der Waals surface area contributed by atoms with Crippen molar-refractivity contribution < 1.29 is 23.1 Å². The normalized spacial score (nSPS) is 17.1. The van der Waals surface area contributed by atoms with E-state index in [1.165, 1.54) is 43.7 Å². The Bertz CT molecular complexity index is 1620. The molecule has 5 rings (SSSR count). The number of likely N-dealkylation sites (tertiary alicyclic amines) is 2. The topological polar surface area (TPSA) is 134 Å². The van der Waals surface area contributed by atoms with E-state index < -0.39 is 5.82 Å². The number of carbonyl (C=O) groups is 2. The van der Waals surface area contributed by atoms with Crippen molar-refractivity contribution >= 4 is 17.9 Å². The SMILES string of the molecule is COc1ccc(/C=C/C(=O)NCC2CCN(C#N)C2)c(F)c1.N#CN1CCC(CNC(=O)c2cncc(-c3ccc(F)cc3)c2)C1. The van der Waals surface area contributed by atoms with Crippen molar-refractivity contribution in [1.29, 1.82) is 10.5 Å². The number of methoxy groups -OCH3 is 1. The van der Waals surface area contributed by atoms with Crippen LogP contribution in [0.4, 0.5) is 8.78 Å². The summed E-state index contributed by atoms with van der Waals surface area (Å²) in [5, 5.41) is 23.3. The number of rotatable bonds is 9. The summed E-state index contributed by atoms with van der Waals surface area (Å²) in [5.74, 6) is -0.195. The highest BCUT2D eigenvalue weighted by atomic mass is 19.1. The fourth-order valence-electron chi connectivity index (χ4n) is 5.12. The monoisotopic (exact) mass is 627 g/mol. The molecule has 0 bridgehead atoms. The van der Waals surface area contributed by atoms with E-state index in [0.717, 1.165) is 37.1 Å². The smallest absolute Gasteiger partial charge is 0.252 e. The Kier molecular flexibility index (Phi) is 12.0. The predicted octanol–water partition coefficient (Wildman–Crippen LogP) is 4.19. The van der Waals surface area contributed by atoms with Crippen molar-refractivity contribution in [2.45, 2.75) is 12.8 Å². The third kappa shape index (κ3) is 9.76. The number of pyridine rings is 1. The lowest BCUT2D eigenvalue weighted by atomic mass is 10.1. The molecule has 1 aromatic heterocycles. The van der Waals surface area contributed by atoms with Crippen LogP contribution in [-0.2, 0) is 4.79 Å². The molecular weight excluding hydrogens is 592 g/mol. The Labute approximate surface area is 266 Å². The molecule has 2 N–H and O–H groups in total. The number of hydrogen-bond donors (Lipinski definition) is 2. The number of amides is 2. The summed E-state index contributed by atoms with van der Waals surface area (Å²) in [6, 6.07) is 12.3. The van der Waals surface area contributed by atoms with Gasteiger partial charge in [0.15, 0.2) is 12.4 Å². The second-order valence-electron chi connectivity index (χ2n) is 11.0. The predicted molar refractivity (Wildman–Crippen MR) is 168 cm³/mol. The zero-order valence-electron chi connectivity index (χ0n) is 25.5. The van der Waals surface area contributed by atoms with Gasteiger partial charge >= 0.3 is 0 Å². The molecule has 0 radical (unpaired) electrons. The zero-order valence-corrected chi connectivity index (χ0v) is 25.5. The molecule has 10 nitrogen and oxygen atoms in total. The number of aromatic nitrogens is 1. The number of halogens is 2. The molecule has 12 heteroatoms. The molecule has 2 fully saturated rings. The van der Waals surface area contributed by atoms with Crippen LogP contribution in [0.3, 0.4) is 0 Å². The lowest BCUT2D eigenvalue weighted by Gasteiger charge is -2.11. The molecule has 2 atom stereocenters. The van der Waals surface area contributed by atoms with Crippen LogP contribution in [0.1, 0.15) is 28.8 Å². The van der Waals surface area contributed by atoms with Crippen LogP contribution in [0.2, 0.25) is 0 Å². The maximum atomic E-state index is 13.7. The molecule has 2 unspecified atom stereocenters. The van der Waals surface area contributed by atoms with Gasteiger partial charge in [0.05, 0.1) is 12.7 Å². The average molecular weight is 628 g/mol. The van der Waals surface area contributed by atoms with E-state index in [1.807, 2.05) is 0 Å². The summed E-state index contributed by atoms with van der Waals surface area (Å²) in [6.07, 6.45) is 11.9. The molecule has 2 aliphatic heterocycles. The molecule has 3 aromatic rings. The van der Waals surface area contributed by atoms with Crippen LogP contribution in [0.25, 0.3) is 17.2 Å². The number of carbonyl (C=O) groups excluding carboxylic acids is 2. The lowest BCUT2D eigenvalue weighted by Crippen LogP contribution is -2.30. The quantitative estimate of drug-likeness (QED) is 0.267. The number of benzene rings is 2. The van der Waals surface area contributed by atoms with E-state index in [2.05, 4.69) is 28.0 Å². The van der Waals surface area contributed by atoms with E-state index in [4.69, 9.17) is 15.3 Å². The highest BCUT2D eigenvalue weighted by Crippen LogP contribution is 2.21. The third-order valence-corrected chi connectivity index (χ3v) is 7.77. The molecule has 238 valence electrons. The zero-order chi connectivity index (χ0) is 32.9. The average Bonchev–Trinajstić information content (AvgIpc) is 3.76. The molecular formula is C34H35F2N7O3. The molecule has 0 spiro atoms. The largest absolute Gasteiger partial charge is 0.497 e. The fraction of sp³-hybridized carbons (Fsp3) is 0.324. The van der Waals surface area contributed by atoms with Gasteiger partial charge in [-0.25, -0.2) is 8.78 Å². The van der Waals surface area contributed by atoms with Gasteiger partial charge in [-0.1, -0.05) is 12.1 Å². The van der Waals surface area contributed by atoms with Crippen molar-refractivity contribution in [1.82, 2.24) is 25.4 Å². The van der Waals surface area contributed by atoms with Gasteiger partial charge in [-0.2, -0.15) is 10.5 Å². The van der Waals surface area contributed by atoms with Crippen molar-refractivity contribution in [2.75, 3.05) is 46.4 Å². The minimum atomic E-state index is -0.441. The summed E-state index contributed by atoms with van der Waals surface area (Å²) >= 11 is 0. The maximum absolute atomic E-state index is 13.7. The Morgan fingerprint density at radius 2 is 1.59 bits per heavy atom. The maximum Gasteiger partial charge on any atom is 0.252 e. The van der Waals surface area contributed by atoms with Gasteiger partial charge in [0, 0.05) is 74.9 Å². The fourth-order valence-corrected chi connectivity index (χ4v) is 5.12. The first-order chi connectivity index (χ1) is 22.3. The number of nitriles is 2. The van der Waals surface area contributed by atoms with Crippen molar-refractivity contribution in [3.05, 3.63) is 89.8 Å². The Balaban J connectivity index is 0.000000210. The Morgan fingerprint density at radius 3 is 2.17 bits per heavy atom. The van der Waals surface area contributed by atoms with Crippen LogP contribution in [0, 0.1) is 46.4 Å². The molecule has 2 aliphatic rings. The van der Waals surface area contributed by atoms with Gasteiger partial charge in [0.2, 0.25) is 5.91 Å². The number of hydrogen-bond acceptors (Lipinski definition) is 8. The molecule has 2 saturated heterocycles. The molecule has 3 heterocycles. The molecule has 2 aromatic carbocycles. The summed E-state index contributed by atoms with van der Waals surface area (Å²) in [4.78, 5) is 31.5. The first kappa shape index (κ1) is 33.4. The summed E-state index contributed by atoms with van der Waals surface area (Å²) in [6.45, 7) is 3.91. The summed E-state index contributed by atoms with van der Waals surface area (Å²) in [5.41, 5.74) is 2.36. The van der Waals surface area contributed by atoms with E-state index in [9.17, 15) is 18.4 Å². The Morgan fingerprint density at radius 1 is 0.935 bits per heavy atom. The van der Waals surface area contributed by atoms with E-state index in [0.29, 0.717) is 49.0 Å². The van der Waals surface area contributed by atoms with Crippen molar-refractivity contribution in [3.8, 4) is 29.3 Å². The van der Waals surface area contributed by atoms with Crippen LogP contribution < -0.4 is 15.4 Å². The second kappa shape index (κ2) is 16.5. The summed E-state index contributed by atoms with van der Waals surface area (Å²) < 4.78 is 31.6. The van der Waals surface area contributed by atoms with Crippen LogP contribution in [0.15, 0.2) is 67.0 Å². The van der Waals surface area contributed by atoms with Crippen LogP contribution >= 0.6 is 0 Å². The summed E-state index contributed by atoms with van der Waals surface area (Å²) in [7, 11) is 1.47. The minimum Gasteiger partial charge on any atom is -0.497 e. The van der Waals surface area contributed by atoms with Crippen LogP contribution in [0.5, 0.6) is 5.75 Å². The lowest BCUT2D eigenvalue weighted by molar-refractivity contribution is -0.116. The third-order valence-electron chi connectivity index (χ3n) is 7.77. The van der Waals surface area contributed by atoms with Gasteiger partial charge in [0.1, 0.15) is 17.4 Å². The van der Waals surface area contributed by atoms with E-state index in [-0.39, 0.29) is 23.5 Å². The molecule has 0 aliphatic carbocycles. The van der Waals surface area contributed by atoms with Gasteiger partial charge < -0.3 is 25.2 Å². The number of nitrogens with one attached hydrogen (secondary N) is 2. The first-order valence-electron chi connectivity index (χ1n) is 14.9. The molecule has 2 amide bonds. The Hall–Kier alpha value is -5.49. The van der Waals surface area contributed by atoms with Crippen molar-refractivity contribution in [2.24, 2.45) is 11.8 Å². The molecule has 46 heavy (non-hydrogen) atoms. The highest BCUT2D eigenvalue weighted by Gasteiger charge is 2.22. The van der Waals surface area contributed by atoms with Crippen molar-refractivity contribution in [3.63, 3.8) is 0 Å². The van der Waals surface area contributed by atoms with Gasteiger partial charge in [0.25, 0.3) is 5.91 Å².